The molecule has 0 fully saturated rings. The minimum Gasteiger partial charge on any atom is -0.497 e. The maximum atomic E-state index is 13.7. The lowest BCUT2D eigenvalue weighted by Crippen LogP contribution is -2.51. The Balaban J connectivity index is 1.77. The maximum Gasteiger partial charge on any atom is 0.243 e. The van der Waals surface area contributed by atoms with Crippen LogP contribution in [0.2, 0.25) is 5.02 Å². The van der Waals surface area contributed by atoms with Gasteiger partial charge in [-0.3, -0.25) is 9.59 Å². The summed E-state index contributed by atoms with van der Waals surface area (Å²) in [4.78, 5) is 28.8. The molecule has 1 atom stereocenters. The molecule has 0 aliphatic carbocycles. The summed E-state index contributed by atoms with van der Waals surface area (Å²) in [6, 6.07) is 23.8. The average molecular weight is 537 g/mol. The summed E-state index contributed by atoms with van der Waals surface area (Å²) in [7, 11) is 1.62. The first kappa shape index (κ1) is 29.1. The number of carbonyl (C=O) groups is 2. The zero-order valence-corrected chi connectivity index (χ0v) is 23.1. The Kier molecular flexibility index (Phi) is 11.5. The van der Waals surface area contributed by atoms with Crippen LogP contribution < -0.4 is 14.8 Å². The van der Waals surface area contributed by atoms with Gasteiger partial charge < -0.3 is 19.7 Å². The Labute approximate surface area is 230 Å². The lowest BCUT2D eigenvalue weighted by molar-refractivity contribution is -0.141. The molecule has 2 amide bonds. The molecule has 0 aromatic heterocycles. The van der Waals surface area contributed by atoms with Crippen LogP contribution in [0.1, 0.15) is 37.8 Å². The number of amides is 2. The van der Waals surface area contributed by atoms with E-state index >= 15 is 0 Å². The van der Waals surface area contributed by atoms with Crippen molar-refractivity contribution in [2.45, 2.75) is 45.7 Å². The van der Waals surface area contributed by atoms with Gasteiger partial charge in [0.05, 0.1) is 13.7 Å². The van der Waals surface area contributed by atoms with E-state index in [9.17, 15) is 9.59 Å². The molecule has 3 aromatic carbocycles. The lowest BCUT2D eigenvalue weighted by Gasteiger charge is -2.32. The summed E-state index contributed by atoms with van der Waals surface area (Å²) in [6.45, 7) is 5.24. The van der Waals surface area contributed by atoms with E-state index < -0.39 is 6.04 Å². The van der Waals surface area contributed by atoms with Crippen LogP contribution >= 0.6 is 11.6 Å². The van der Waals surface area contributed by atoms with Gasteiger partial charge in [0.25, 0.3) is 0 Å². The number of hydrogen-bond donors (Lipinski definition) is 1. The van der Waals surface area contributed by atoms with Gasteiger partial charge in [0, 0.05) is 31.0 Å². The minimum absolute atomic E-state index is 0.121. The first-order chi connectivity index (χ1) is 18.4. The number of nitrogens with zero attached hydrogens (tertiary/aromatic N) is 1. The van der Waals surface area contributed by atoms with Crippen molar-refractivity contribution in [3.05, 3.63) is 95.0 Å². The summed E-state index contributed by atoms with van der Waals surface area (Å²) < 4.78 is 11.0. The number of halogens is 1. The third kappa shape index (κ3) is 9.10. The Bertz CT molecular complexity index is 1150. The maximum absolute atomic E-state index is 13.7. The highest BCUT2D eigenvalue weighted by atomic mass is 35.5. The molecule has 202 valence electrons. The van der Waals surface area contributed by atoms with Gasteiger partial charge >= 0.3 is 0 Å². The van der Waals surface area contributed by atoms with Crippen LogP contribution in [0.5, 0.6) is 11.5 Å². The van der Waals surface area contributed by atoms with E-state index in [0.717, 1.165) is 16.9 Å². The molecule has 0 saturated carbocycles. The highest BCUT2D eigenvalue weighted by Gasteiger charge is 2.30. The first-order valence-corrected chi connectivity index (χ1v) is 13.4. The Hall–Kier alpha value is -3.51. The van der Waals surface area contributed by atoms with Gasteiger partial charge in [-0.25, -0.2) is 0 Å². The standard InChI is InChI=1S/C31H37ClN2O4/c1-23(2)21-33-31(36)29(20-24-10-5-4-6-11-24)34(22-25-12-7-8-13-28(25)32)30(35)14-9-19-38-27-17-15-26(37-3)16-18-27/h4-8,10-13,15-18,23,29H,9,14,19-22H2,1-3H3,(H,33,36). The predicted molar refractivity (Wildman–Crippen MR) is 152 cm³/mol. The predicted octanol–water partition coefficient (Wildman–Crippen LogP) is 5.92. The van der Waals surface area contributed by atoms with Gasteiger partial charge in [0.2, 0.25) is 11.8 Å². The number of nitrogens with one attached hydrogen (secondary N) is 1. The Morgan fingerprint density at radius 3 is 2.24 bits per heavy atom. The molecule has 0 radical (unpaired) electrons. The van der Waals surface area contributed by atoms with E-state index in [1.54, 1.807) is 18.1 Å². The molecule has 0 aliphatic heterocycles. The van der Waals surface area contributed by atoms with E-state index in [4.69, 9.17) is 21.1 Å². The van der Waals surface area contributed by atoms with E-state index in [0.29, 0.717) is 42.7 Å². The largest absolute Gasteiger partial charge is 0.497 e. The van der Waals surface area contributed by atoms with Crippen molar-refractivity contribution in [1.82, 2.24) is 10.2 Å². The number of rotatable bonds is 14. The van der Waals surface area contributed by atoms with Gasteiger partial charge in [0.1, 0.15) is 17.5 Å². The summed E-state index contributed by atoms with van der Waals surface area (Å²) >= 11 is 6.47. The zero-order chi connectivity index (χ0) is 27.3. The first-order valence-electron chi connectivity index (χ1n) is 13.0. The summed E-state index contributed by atoms with van der Waals surface area (Å²) in [5, 5.41) is 3.60. The minimum atomic E-state index is -0.678. The molecular weight excluding hydrogens is 500 g/mol. The third-order valence-electron chi connectivity index (χ3n) is 6.12. The molecule has 0 aliphatic rings. The second-order valence-electron chi connectivity index (χ2n) is 9.59. The molecule has 3 rings (SSSR count). The topological polar surface area (TPSA) is 67.9 Å². The number of benzene rings is 3. The van der Waals surface area contributed by atoms with Crippen LogP contribution in [-0.2, 0) is 22.6 Å². The van der Waals surface area contributed by atoms with Gasteiger partial charge in [-0.2, -0.15) is 0 Å². The third-order valence-corrected chi connectivity index (χ3v) is 6.49. The molecule has 0 bridgehead atoms. The summed E-state index contributed by atoms with van der Waals surface area (Å²) in [6.07, 6.45) is 1.15. The van der Waals surface area contributed by atoms with Crippen LogP contribution in [0.4, 0.5) is 0 Å². The number of ether oxygens (including phenoxy) is 2. The molecule has 38 heavy (non-hydrogen) atoms. The molecule has 0 heterocycles. The molecule has 6 nitrogen and oxygen atoms in total. The van der Waals surface area contributed by atoms with Gasteiger partial charge in [-0.15, -0.1) is 0 Å². The SMILES string of the molecule is COc1ccc(OCCCC(=O)N(Cc2ccccc2Cl)C(Cc2ccccc2)C(=O)NCC(C)C)cc1. The normalized spacial score (nSPS) is 11.6. The van der Waals surface area contributed by atoms with Crippen molar-refractivity contribution < 1.29 is 19.1 Å². The van der Waals surface area contributed by atoms with Gasteiger partial charge in [0.15, 0.2) is 0 Å². The second-order valence-corrected chi connectivity index (χ2v) is 9.99. The second kappa shape index (κ2) is 15.0. The van der Waals surface area contributed by atoms with Crippen molar-refractivity contribution in [3.63, 3.8) is 0 Å². The van der Waals surface area contributed by atoms with E-state index in [1.807, 2.05) is 86.6 Å². The van der Waals surface area contributed by atoms with Crippen molar-refractivity contribution in [2.24, 2.45) is 5.92 Å². The van der Waals surface area contributed by atoms with Crippen molar-refractivity contribution in [2.75, 3.05) is 20.3 Å². The molecule has 1 N–H and O–H groups in total. The fourth-order valence-electron chi connectivity index (χ4n) is 4.02. The van der Waals surface area contributed by atoms with Crippen LogP contribution in [0.3, 0.4) is 0 Å². The summed E-state index contributed by atoms with van der Waals surface area (Å²) in [5.41, 5.74) is 1.78. The lowest BCUT2D eigenvalue weighted by atomic mass is 10.0. The molecular formula is C31H37ClN2O4. The molecule has 3 aromatic rings. The quantitative estimate of drug-likeness (QED) is 0.260. The fraction of sp³-hybridized carbons (Fsp3) is 0.355. The molecule has 7 heteroatoms. The highest BCUT2D eigenvalue weighted by molar-refractivity contribution is 6.31. The number of methoxy groups -OCH3 is 1. The average Bonchev–Trinajstić information content (AvgIpc) is 2.93. The van der Waals surface area contributed by atoms with Gasteiger partial charge in [-0.1, -0.05) is 74.0 Å². The Morgan fingerprint density at radius 1 is 0.921 bits per heavy atom. The highest BCUT2D eigenvalue weighted by Crippen LogP contribution is 2.22. The molecule has 1 unspecified atom stereocenters. The van der Waals surface area contributed by atoms with Crippen LogP contribution in [0, 0.1) is 5.92 Å². The van der Waals surface area contributed by atoms with Crippen LogP contribution in [0.15, 0.2) is 78.9 Å². The smallest absolute Gasteiger partial charge is 0.243 e. The summed E-state index contributed by atoms with van der Waals surface area (Å²) in [5.74, 6) is 1.46. The molecule has 0 spiro atoms. The van der Waals surface area contributed by atoms with E-state index in [1.165, 1.54) is 0 Å². The van der Waals surface area contributed by atoms with E-state index in [2.05, 4.69) is 5.32 Å². The monoisotopic (exact) mass is 536 g/mol. The molecule has 0 saturated heterocycles. The van der Waals surface area contributed by atoms with Crippen molar-refractivity contribution in [3.8, 4) is 11.5 Å². The Morgan fingerprint density at radius 2 is 1.58 bits per heavy atom. The number of hydrogen-bond acceptors (Lipinski definition) is 4. The van der Waals surface area contributed by atoms with Crippen LogP contribution in [-0.4, -0.2) is 43.0 Å². The van der Waals surface area contributed by atoms with Crippen molar-refractivity contribution in [1.29, 1.82) is 0 Å². The zero-order valence-electron chi connectivity index (χ0n) is 22.4. The van der Waals surface area contributed by atoms with Gasteiger partial charge in [-0.05, 0) is 53.8 Å². The van der Waals surface area contributed by atoms with Crippen LogP contribution in [0.25, 0.3) is 0 Å². The van der Waals surface area contributed by atoms with Crippen molar-refractivity contribution >= 4 is 23.4 Å². The fourth-order valence-corrected chi connectivity index (χ4v) is 4.21. The number of carbonyl (C=O) groups excluding carboxylic acids is 2. The van der Waals surface area contributed by atoms with E-state index in [-0.39, 0.29) is 24.8 Å².